The second-order valence-electron chi connectivity index (χ2n) is 8.51. The van der Waals surface area contributed by atoms with Crippen LogP contribution in [0.3, 0.4) is 0 Å². The third-order valence-corrected chi connectivity index (χ3v) is 7.31. The smallest absolute Gasteiger partial charge is 0.410 e. The van der Waals surface area contributed by atoms with Crippen LogP contribution in [0.15, 0.2) is 23.1 Å². The van der Waals surface area contributed by atoms with Crippen LogP contribution in [0.4, 0.5) is 4.79 Å². The van der Waals surface area contributed by atoms with Crippen LogP contribution in [0.25, 0.3) is 0 Å². The zero-order chi connectivity index (χ0) is 22.1. The Hall–Kier alpha value is -1.84. The summed E-state index contributed by atoms with van der Waals surface area (Å²) >= 11 is 6.23. The number of piperazine rings is 1. The normalized spacial score (nSPS) is 18.5. The summed E-state index contributed by atoms with van der Waals surface area (Å²) < 4.78 is 32.5. The fourth-order valence-electron chi connectivity index (χ4n) is 3.50. The van der Waals surface area contributed by atoms with Crippen LogP contribution in [-0.2, 0) is 14.8 Å². The molecule has 0 aromatic heterocycles. The molecular weight excluding hydrogens is 430 g/mol. The van der Waals surface area contributed by atoms with Crippen LogP contribution in [-0.4, -0.2) is 79.4 Å². The summed E-state index contributed by atoms with van der Waals surface area (Å²) in [5.74, 6) is -0.345. The topological polar surface area (TPSA) is 87.2 Å². The molecule has 3 rings (SSSR count). The lowest BCUT2D eigenvalue weighted by Crippen LogP contribution is -2.51. The summed E-state index contributed by atoms with van der Waals surface area (Å²) in [5, 5.41) is 0.204. The van der Waals surface area contributed by atoms with Crippen molar-refractivity contribution in [3.8, 4) is 0 Å². The van der Waals surface area contributed by atoms with Crippen molar-refractivity contribution in [3.63, 3.8) is 0 Å². The minimum atomic E-state index is -3.65. The Morgan fingerprint density at radius 1 is 0.967 bits per heavy atom. The van der Waals surface area contributed by atoms with Crippen LogP contribution in [0.5, 0.6) is 0 Å². The standard InChI is InChI=1S/C20H28ClN3O5S/c1-20(2,3)29-19(26)23-12-10-22(11-13-23)18(25)16-14-15(6-7-17(16)21)30(27,28)24-8-4-5-9-24/h6-7,14H,4-5,8-13H2,1-3H3. The summed E-state index contributed by atoms with van der Waals surface area (Å²) in [5.41, 5.74) is -0.429. The number of benzene rings is 1. The van der Waals surface area contributed by atoms with E-state index in [2.05, 4.69) is 0 Å². The largest absolute Gasteiger partial charge is 0.444 e. The van der Waals surface area contributed by atoms with Gasteiger partial charge in [0.1, 0.15) is 5.60 Å². The molecule has 2 aliphatic rings. The van der Waals surface area contributed by atoms with Gasteiger partial charge in [-0.2, -0.15) is 4.31 Å². The van der Waals surface area contributed by atoms with Crippen molar-refractivity contribution in [3.05, 3.63) is 28.8 Å². The Morgan fingerprint density at radius 3 is 2.10 bits per heavy atom. The van der Waals surface area contributed by atoms with E-state index in [4.69, 9.17) is 16.3 Å². The molecule has 0 N–H and O–H groups in total. The predicted octanol–water partition coefficient (Wildman–Crippen LogP) is 2.82. The van der Waals surface area contributed by atoms with Crippen molar-refractivity contribution in [1.29, 1.82) is 0 Å². The van der Waals surface area contributed by atoms with Gasteiger partial charge >= 0.3 is 6.09 Å². The van der Waals surface area contributed by atoms with E-state index in [1.807, 2.05) is 0 Å². The molecule has 166 valence electrons. The lowest BCUT2D eigenvalue weighted by molar-refractivity contribution is 0.0141. The number of ether oxygens (including phenoxy) is 1. The minimum Gasteiger partial charge on any atom is -0.444 e. The molecule has 8 nitrogen and oxygen atoms in total. The van der Waals surface area contributed by atoms with Gasteiger partial charge < -0.3 is 14.5 Å². The molecule has 0 atom stereocenters. The zero-order valence-electron chi connectivity index (χ0n) is 17.6. The van der Waals surface area contributed by atoms with Crippen LogP contribution in [0.2, 0.25) is 5.02 Å². The molecule has 2 fully saturated rings. The van der Waals surface area contributed by atoms with E-state index in [9.17, 15) is 18.0 Å². The molecule has 0 aliphatic carbocycles. The number of carbonyl (C=O) groups is 2. The molecular formula is C20H28ClN3O5S. The Kier molecular flexibility index (Phi) is 6.64. The third kappa shape index (κ3) is 5.07. The first-order chi connectivity index (χ1) is 14.0. The predicted molar refractivity (Wildman–Crippen MR) is 113 cm³/mol. The van der Waals surface area contributed by atoms with Gasteiger partial charge in [-0.05, 0) is 51.8 Å². The molecule has 2 amide bonds. The van der Waals surface area contributed by atoms with Crippen LogP contribution >= 0.6 is 11.6 Å². The zero-order valence-corrected chi connectivity index (χ0v) is 19.1. The van der Waals surface area contributed by atoms with E-state index < -0.39 is 21.7 Å². The van der Waals surface area contributed by atoms with Gasteiger partial charge in [-0.25, -0.2) is 13.2 Å². The molecule has 0 unspecified atom stereocenters. The van der Waals surface area contributed by atoms with Gasteiger partial charge in [-0.1, -0.05) is 11.6 Å². The van der Waals surface area contributed by atoms with Crippen molar-refractivity contribution in [1.82, 2.24) is 14.1 Å². The fraction of sp³-hybridized carbons (Fsp3) is 0.600. The van der Waals surface area contributed by atoms with E-state index >= 15 is 0 Å². The molecule has 2 aliphatic heterocycles. The number of carbonyl (C=O) groups excluding carboxylic acids is 2. The summed E-state index contributed by atoms with van der Waals surface area (Å²) in [7, 11) is -3.65. The lowest BCUT2D eigenvalue weighted by atomic mass is 10.1. The number of amides is 2. The quantitative estimate of drug-likeness (QED) is 0.696. The molecule has 0 radical (unpaired) electrons. The van der Waals surface area contributed by atoms with Crippen LogP contribution in [0, 0.1) is 0 Å². The van der Waals surface area contributed by atoms with E-state index in [1.54, 1.807) is 30.6 Å². The number of nitrogens with zero attached hydrogens (tertiary/aromatic N) is 3. The van der Waals surface area contributed by atoms with Crippen molar-refractivity contribution >= 4 is 33.6 Å². The summed E-state index contributed by atoms with van der Waals surface area (Å²) in [4.78, 5) is 28.4. The minimum absolute atomic E-state index is 0.0736. The van der Waals surface area contributed by atoms with Gasteiger partial charge in [-0.15, -0.1) is 0 Å². The first-order valence-electron chi connectivity index (χ1n) is 10.1. The number of halogens is 1. The Labute approximate surface area is 182 Å². The summed E-state index contributed by atoms with van der Waals surface area (Å²) in [6, 6.07) is 4.25. The number of sulfonamides is 1. The molecule has 1 aromatic rings. The molecule has 2 saturated heterocycles. The third-order valence-electron chi connectivity index (χ3n) is 5.09. The van der Waals surface area contributed by atoms with Crippen molar-refractivity contribution in [2.24, 2.45) is 0 Å². The maximum Gasteiger partial charge on any atom is 0.410 e. The molecule has 10 heteroatoms. The maximum atomic E-state index is 13.0. The molecule has 2 heterocycles. The molecule has 0 bridgehead atoms. The Bertz CT molecular complexity index is 915. The highest BCUT2D eigenvalue weighted by molar-refractivity contribution is 7.89. The van der Waals surface area contributed by atoms with Crippen LogP contribution in [0.1, 0.15) is 44.0 Å². The van der Waals surface area contributed by atoms with E-state index in [0.717, 1.165) is 12.8 Å². The summed E-state index contributed by atoms with van der Waals surface area (Å²) in [6.07, 6.45) is 1.26. The van der Waals surface area contributed by atoms with E-state index in [1.165, 1.54) is 22.5 Å². The Balaban J connectivity index is 1.71. The van der Waals surface area contributed by atoms with Gasteiger partial charge in [-0.3, -0.25) is 4.79 Å². The monoisotopic (exact) mass is 457 g/mol. The molecule has 0 saturated carbocycles. The molecule has 30 heavy (non-hydrogen) atoms. The second-order valence-corrected chi connectivity index (χ2v) is 10.9. The lowest BCUT2D eigenvalue weighted by Gasteiger charge is -2.35. The number of rotatable bonds is 3. The maximum absolute atomic E-state index is 13.0. The average molecular weight is 458 g/mol. The fourth-order valence-corrected chi connectivity index (χ4v) is 5.24. The first kappa shape index (κ1) is 22.8. The molecule has 1 aromatic carbocycles. The number of hydrogen-bond donors (Lipinski definition) is 0. The van der Waals surface area contributed by atoms with Crippen molar-refractivity contribution in [2.45, 2.75) is 44.1 Å². The van der Waals surface area contributed by atoms with Gasteiger partial charge in [0.05, 0.1) is 15.5 Å². The molecule has 0 spiro atoms. The number of hydrogen-bond acceptors (Lipinski definition) is 5. The average Bonchev–Trinajstić information content (AvgIpc) is 3.22. The van der Waals surface area contributed by atoms with Gasteiger partial charge in [0.15, 0.2) is 0 Å². The summed E-state index contributed by atoms with van der Waals surface area (Å²) in [6.45, 7) is 7.69. The van der Waals surface area contributed by atoms with E-state index in [0.29, 0.717) is 39.3 Å². The SMILES string of the molecule is CC(C)(C)OC(=O)N1CCN(C(=O)c2cc(S(=O)(=O)N3CCCC3)ccc2Cl)CC1. The second kappa shape index (κ2) is 8.72. The highest BCUT2D eigenvalue weighted by Crippen LogP contribution is 2.26. The van der Waals surface area contributed by atoms with Gasteiger partial charge in [0.2, 0.25) is 10.0 Å². The van der Waals surface area contributed by atoms with E-state index in [-0.39, 0.29) is 21.4 Å². The van der Waals surface area contributed by atoms with Crippen molar-refractivity contribution < 1.29 is 22.7 Å². The van der Waals surface area contributed by atoms with Gasteiger partial charge in [0.25, 0.3) is 5.91 Å². The van der Waals surface area contributed by atoms with Gasteiger partial charge in [0, 0.05) is 39.3 Å². The van der Waals surface area contributed by atoms with Crippen LogP contribution < -0.4 is 0 Å². The first-order valence-corrected chi connectivity index (χ1v) is 11.9. The highest BCUT2D eigenvalue weighted by Gasteiger charge is 2.31. The van der Waals surface area contributed by atoms with Crippen molar-refractivity contribution in [2.75, 3.05) is 39.3 Å². The Morgan fingerprint density at radius 2 is 1.53 bits per heavy atom. The highest BCUT2D eigenvalue weighted by atomic mass is 35.5.